The molecule has 0 unspecified atom stereocenters. The third-order valence-corrected chi connectivity index (χ3v) is 2.42. The number of thiocarbonyl (C=S) groups is 1. The van der Waals surface area contributed by atoms with Gasteiger partial charge in [-0.2, -0.15) is 0 Å². The van der Waals surface area contributed by atoms with E-state index in [1.165, 1.54) is 12.1 Å². The fourth-order valence-electron chi connectivity index (χ4n) is 1.40. The standard InChI is InChI=1S/C9H8F2N2S/c10-6-1-2-8(7(11)5-6)13-4-3-12-9(13)14/h1-2,5H,3-4H2,(H,12,14). The molecule has 1 heterocycles. The number of rotatable bonds is 1. The summed E-state index contributed by atoms with van der Waals surface area (Å²) in [6.07, 6.45) is 0. The third-order valence-electron chi connectivity index (χ3n) is 2.06. The minimum atomic E-state index is -0.587. The SMILES string of the molecule is Fc1ccc(N2CCNC2=S)c(F)c1. The first-order valence-electron chi connectivity index (χ1n) is 4.19. The summed E-state index contributed by atoms with van der Waals surface area (Å²) in [5.74, 6) is -1.17. The summed E-state index contributed by atoms with van der Waals surface area (Å²) < 4.78 is 25.9. The second-order valence-electron chi connectivity index (χ2n) is 2.98. The summed E-state index contributed by atoms with van der Waals surface area (Å²) in [5.41, 5.74) is 0.321. The minimum Gasteiger partial charge on any atom is -0.360 e. The van der Waals surface area contributed by atoms with Crippen LogP contribution < -0.4 is 10.2 Å². The molecule has 14 heavy (non-hydrogen) atoms. The van der Waals surface area contributed by atoms with Crippen molar-refractivity contribution in [3.05, 3.63) is 29.8 Å². The van der Waals surface area contributed by atoms with Crippen LogP contribution in [-0.2, 0) is 0 Å². The number of hydrogen-bond acceptors (Lipinski definition) is 1. The average Bonchev–Trinajstić information content (AvgIpc) is 2.52. The fraction of sp³-hybridized carbons (Fsp3) is 0.222. The van der Waals surface area contributed by atoms with E-state index in [1.54, 1.807) is 4.90 Å². The zero-order valence-corrected chi connectivity index (χ0v) is 8.07. The van der Waals surface area contributed by atoms with Crippen molar-refractivity contribution in [2.45, 2.75) is 0 Å². The largest absolute Gasteiger partial charge is 0.360 e. The molecule has 1 fully saturated rings. The van der Waals surface area contributed by atoms with E-state index < -0.39 is 11.6 Å². The topological polar surface area (TPSA) is 15.3 Å². The van der Waals surface area contributed by atoms with Crippen LogP contribution in [0.2, 0.25) is 0 Å². The summed E-state index contributed by atoms with van der Waals surface area (Å²) in [7, 11) is 0. The van der Waals surface area contributed by atoms with Crippen LogP contribution in [-0.4, -0.2) is 18.2 Å². The van der Waals surface area contributed by atoms with Crippen LogP contribution in [0, 0.1) is 11.6 Å². The molecular formula is C9H8F2N2S. The zero-order valence-electron chi connectivity index (χ0n) is 7.26. The van der Waals surface area contributed by atoms with Crippen molar-refractivity contribution >= 4 is 23.0 Å². The lowest BCUT2D eigenvalue weighted by Crippen LogP contribution is -2.28. The summed E-state index contributed by atoms with van der Waals surface area (Å²) in [4.78, 5) is 1.62. The molecule has 0 aliphatic carbocycles. The molecule has 2 rings (SSSR count). The van der Waals surface area contributed by atoms with Crippen LogP contribution >= 0.6 is 12.2 Å². The van der Waals surface area contributed by atoms with Gasteiger partial charge in [0.05, 0.1) is 5.69 Å². The van der Waals surface area contributed by atoms with Crippen molar-refractivity contribution in [3.8, 4) is 0 Å². The highest BCUT2D eigenvalue weighted by Gasteiger charge is 2.20. The average molecular weight is 214 g/mol. The molecule has 1 aromatic rings. The van der Waals surface area contributed by atoms with Crippen LogP contribution in [0.25, 0.3) is 0 Å². The zero-order chi connectivity index (χ0) is 10.1. The Labute approximate surface area is 85.5 Å². The van der Waals surface area contributed by atoms with Crippen LogP contribution in [0.1, 0.15) is 0 Å². The molecule has 0 atom stereocenters. The number of hydrogen-bond donors (Lipinski definition) is 1. The predicted molar refractivity (Wildman–Crippen MR) is 54.3 cm³/mol. The van der Waals surface area contributed by atoms with Gasteiger partial charge in [0, 0.05) is 19.2 Å². The van der Waals surface area contributed by atoms with E-state index in [-0.39, 0.29) is 0 Å². The number of nitrogens with zero attached hydrogens (tertiary/aromatic N) is 1. The first-order valence-corrected chi connectivity index (χ1v) is 4.60. The Kier molecular flexibility index (Phi) is 2.33. The lowest BCUT2D eigenvalue weighted by Gasteiger charge is -2.16. The summed E-state index contributed by atoms with van der Waals surface area (Å²) in [6, 6.07) is 3.47. The number of benzene rings is 1. The van der Waals surface area contributed by atoms with E-state index in [0.29, 0.717) is 23.9 Å². The Bertz CT molecular complexity index is 381. The molecule has 1 aliphatic rings. The molecule has 1 aromatic carbocycles. The number of halogens is 2. The highest BCUT2D eigenvalue weighted by atomic mass is 32.1. The smallest absolute Gasteiger partial charge is 0.173 e. The Balaban J connectivity index is 2.36. The van der Waals surface area contributed by atoms with Crippen LogP contribution in [0.15, 0.2) is 18.2 Å². The fourth-order valence-corrected chi connectivity index (χ4v) is 1.69. The van der Waals surface area contributed by atoms with Gasteiger partial charge in [0.2, 0.25) is 0 Å². The first kappa shape index (κ1) is 9.33. The second-order valence-corrected chi connectivity index (χ2v) is 3.37. The van der Waals surface area contributed by atoms with Gasteiger partial charge in [0.25, 0.3) is 0 Å². The summed E-state index contributed by atoms with van der Waals surface area (Å²) >= 11 is 4.97. The number of anilines is 1. The van der Waals surface area contributed by atoms with E-state index in [9.17, 15) is 8.78 Å². The van der Waals surface area contributed by atoms with Crippen LogP contribution in [0.4, 0.5) is 14.5 Å². The lowest BCUT2D eigenvalue weighted by molar-refractivity contribution is 0.583. The van der Waals surface area contributed by atoms with E-state index in [1.807, 2.05) is 0 Å². The van der Waals surface area contributed by atoms with Gasteiger partial charge in [-0.15, -0.1) is 0 Å². The van der Waals surface area contributed by atoms with E-state index in [2.05, 4.69) is 5.32 Å². The second kappa shape index (κ2) is 3.49. The van der Waals surface area contributed by atoms with Gasteiger partial charge in [-0.3, -0.25) is 0 Å². The highest BCUT2D eigenvalue weighted by Crippen LogP contribution is 2.21. The Hall–Kier alpha value is -1.23. The Morgan fingerprint density at radius 2 is 2.14 bits per heavy atom. The molecule has 0 bridgehead atoms. The van der Waals surface area contributed by atoms with Crippen molar-refractivity contribution < 1.29 is 8.78 Å². The molecule has 0 spiro atoms. The van der Waals surface area contributed by atoms with Gasteiger partial charge in [-0.05, 0) is 24.4 Å². The molecular weight excluding hydrogens is 206 g/mol. The highest BCUT2D eigenvalue weighted by molar-refractivity contribution is 7.80. The van der Waals surface area contributed by atoms with E-state index >= 15 is 0 Å². The molecule has 1 saturated heterocycles. The molecule has 0 saturated carbocycles. The minimum absolute atomic E-state index is 0.321. The van der Waals surface area contributed by atoms with Gasteiger partial charge in [-0.1, -0.05) is 0 Å². The van der Waals surface area contributed by atoms with Crippen molar-refractivity contribution in [2.75, 3.05) is 18.0 Å². The molecule has 1 aliphatic heterocycles. The first-order chi connectivity index (χ1) is 6.68. The lowest BCUT2D eigenvalue weighted by atomic mass is 10.3. The maximum Gasteiger partial charge on any atom is 0.173 e. The summed E-state index contributed by atoms with van der Waals surface area (Å²) in [6.45, 7) is 1.30. The molecule has 0 aromatic heterocycles. The van der Waals surface area contributed by atoms with Crippen molar-refractivity contribution in [3.63, 3.8) is 0 Å². The maximum absolute atomic E-state index is 13.3. The van der Waals surface area contributed by atoms with Gasteiger partial charge in [0.1, 0.15) is 11.6 Å². The molecule has 2 nitrogen and oxygen atoms in total. The third kappa shape index (κ3) is 1.55. The van der Waals surface area contributed by atoms with Gasteiger partial charge >= 0.3 is 0 Å². The Morgan fingerprint density at radius 3 is 2.71 bits per heavy atom. The molecule has 74 valence electrons. The van der Waals surface area contributed by atoms with E-state index in [0.717, 1.165) is 6.07 Å². The molecule has 1 N–H and O–H groups in total. The Morgan fingerprint density at radius 1 is 1.36 bits per heavy atom. The summed E-state index contributed by atoms with van der Waals surface area (Å²) in [5, 5.41) is 3.39. The van der Waals surface area contributed by atoms with Crippen molar-refractivity contribution in [2.24, 2.45) is 0 Å². The van der Waals surface area contributed by atoms with Crippen LogP contribution in [0.3, 0.4) is 0 Å². The van der Waals surface area contributed by atoms with Gasteiger partial charge in [-0.25, -0.2) is 8.78 Å². The monoisotopic (exact) mass is 214 g/mol. The quantitative estimate of drug-likeness (QED) is 0.716. The van der Waals surface area contributed by atoms with E-state index in [4.69, 9.17) is 12.2 Å². The molecule has 0 radical (unpaired) electrons. The normalized spacial score (nSPS) is 15.9. The van der Waals surface area contributed by atoms with Crippen LogP contribution in [0.5, 0.6) is 0 Å². The maximum atomic E-state index is 13.3. The molecule has 0 amide bonds. The van der Waals surface area contributed by atoms with Crippen molar-refractivity contribution in [1.29, 1.82) is 0 Å². The van der Waals surface area contributed by atoms with Crippen molar-refractivity contribution in [1.82, 2.24) is 5.32 Å². The molecule has 5 heteroatoms. The van der Waals surface area contributed by atoms with Gasteiger partial charge < -0.3 is 10.2 Å². The number of nitrogens with one attached hydrogen (secondary N) is 1. The predicted octanol–water partition coefficient (Wildman–Crippen LogP) is 1.66. The van der Waals surface area contributed by atoms with Gasteiger partial charge in [0.15, 0.2) is 5.11 Å².